The lowest BCUT2D eigenvalue weighted by atomic mass is 10.1. The van der Waals surface area contributed by atoms with Crippen LogP contribution in [0.5, 0.6) is 0 Å². The molecule has 2 aliphatic rings. The van der Waals surface area contributed by atoms with Crippen molar-refractivity contribution in [1.82, 2.24) is 15.5 Å². The van der Waals surface area contributed by atoms with Gasteiger partial charge in [0, 0.05) is 24.5 Å². The Labute approximate surface area is 144 Å². The maximum atomic E-state index is 13.9. The fraction of sp³-hybridized carbons (Fsp3) is 0.632. The van der Waals surface area contributed by atoms with Gasteiger partial charge in [0.15, 0.2) is 5.96 Å². The fourth-order valence-electron chi connectivity index (χ4n) is 3.68. The number of likely N-dealkylation sites (tertiary alicyclic amines) is 1. The maximum absolute atomic E-state index is 13.9. The molecule has 0 spiro atoms. The lowest BCUT2D eigenvalue weighted by molar-refractivity contribution is 0.273. The monoisotopic (exact) mass is 332 g/mol. The largest absolute Gasteiger partial charge is 0.357 e. The third-order valence-corrected chi connectivity index (χ3v) is 5.13. The van der Waals surface area contributed by atoms with Crippen molar-refractivity contribution in [3.63, 3.8) is 0 Å². The van der Waals surface area contributed by atoms with Crippen LogP contribution in [0.3, 0.4) is 0 Å². The number of nitrogens with one attached hydrogen (secondary N) is 2. The SMILES string of the molecule is CCNC(=NCC1CCCN1CC)NC1CC1c1ccccc1F. The first kappa shape index (κ1) is 17.2. The molecule has 1 aromatic rings. The zero-order valence-electron chi connectivity index (χ0n) is 14.8. The highest BCUT2D eigenvalue weighted by Gasteiger charge is 2.40. The number of likely N-dealkylation sites (N-methyl/N-ethyl adjacent to an activating group) is 1. The van der Waals surface area contributed by atoms with Gasteiger partial charge in [0.2, 0.25) is 0 Å². The first-order valence-corrected chi connectivity index (χ1v) is 9.26. The van der Waals surface area contributed by atoms with Crippen molar-refractivity contribution in [1.29, 1.82) is 0 Å². The minimum atomic E-state index is -0.0988. The second-order valence-electron chi connectivity index (χ2n) is 6.76. The van der Waals surface area contributed by atoms with Crippen LogP contribution < -0.4 is 10.6 Å². The van der Waals surface area contributed by atoms with E-state index in [2.05, 4.69) is 29.4 Å². The summed E-state index contributed by atoms with van der Waals surface area (Å²) in [7, 11) is 0. The van der Waals surface area contributed by atoms with Gasteiger partial charge in [-0.05, 0) is 50.9 Å². The third-order valence-electron chi connectivity index (χ3n) is 5.13. The first-order chi connectivity index (χ1) is 11.7. The van der Waals surface area contributed by atoms with Gasteiger partial charge in [-0.3, -0.25) is 9.89 Å². The molecule has 4 nitrogen and oxygen atoms in total. The van der Waals surface area contributed by atoms with Gasteiger partial charge in [0.1, 0.15) is 5.82 Å². The predicted molar refractivity (Wildman–Crippen MR) is 96.9 cm³/mol. The summed E-state index contributed by atoms with van der Waals surface area (Å²) in [5.41, 5.74) is 0.818. The maximum Gasteiger partial charge on any atom is 0.191 e. The van der Waals surface area contributed by atoms with Crippen molar-refractivity contribution in [3.8, 4) is 0 Å². The highest BCUT2D eigenvalue weighted by atomic mass is 19.1. The number of rotatable bonds is 6. The van der Waals surface area contributed by atoms with Gasteiger partial charge >= 0.3 is 0 Å². The van der Waals surface area contributed by atoms with Crippen molar-refractivity contribution in [2.75, 3.05) is 26.2 Å². The Hall–Kier alpha value is -1.62. The quantitative estimate of drug-likeness (QED) is 0.621. The molecule has 1 aromatic carbocycles. The number of hydrogen-bond donors (Lipinski definition) is 2. The second-order valence-corrected chi connectivity index (χ2v) is 6.76. The van der Waals surface area contributed by atoms with Crippen molar-refractivity contribution < 1.29 is 4.39 Å². The van der Waals surface area contributed by atoms with Crippen molar-refractivity contribution in [2.45, 2.75) is 51.1 Å². The molecular formula is C19H29FN4. The van der Waals surface area contributed by atoms with E-state index in [0.717, 1.165) is 37.6 Å². The normalized spacial score (nSPS) is 27.3. The molecule has 2 N–H and O–H groups in total. The van der Waals surface area contributed by atoms with E-state index in [-0.39, 0.29) is 17.8 Å². The standard InChI is InChI=1S/C19H29FN4/c1-3-21-19(22-13-14-8-7-11-24(14)4-2)23-18-12-16(18)15-9-5-6-10-17(15)20/h5-6,9-10,14,16,18H,3-4,7-8,11-13H2,1-2H3,(H2,21,22,23). The van der Waals surface area contributed by atoms with E-state index in [1.165, 1.54) is 19.4 Å². The molecule has 0 radical (unpaired) electrons. The Kier molecular flexibility index (Phi) is 5.72. The van der Waals surface area contributed by atoms with E-state index < -0.39 is 0 Å². The zero-order chi connectivity index (χ0) is 16.9. The molecule has 3 atom stereocenters. The Morgan fingerprint density at radius 3 is 2.92 bits per heavy atom. The van der Waals surface area contributed by atoms with Crippen LogP contribution in [-0.4, -0.2) is 49.1 Å². The average Bonchev–Trinajstić information content (AvgIpc) is 3.18. The summed E-state index contributed by atoms with van der Waals surface area (Å²) < 4.78 is 13.9. The molecule has 3 unspecified atom stereocenters. The summed E-state index contributed by atoms with van der Waals surface area (Å²) in [5, 5.41) is 6.80. The lowest BCUT2D eigenvalue weighted by Crippen LogP contribution is -2.40. The topological polar surface area (TPSA) is 39.7 Å². The molecule has 1 aliphatic heterocycles. The Morgan fingerprint density at radius 2 is 2.17 bits per heavy atom. The number of aliphatic imine (C=N–C) groups is 1. The van der Waals surface area contributed by atoms with E-state index in [4.69, 9.17) is 4.99 Å². The van der Waals surface area contributed by atoms with Crippen LogP contribution in [0, 0.1) is 5.82 Å². The van der Waals surface area contributed by atoms with Crippen LogP contribution in [0.25, 0.3) is 0 Å². The number of guanidine groups is 1. The van der Waals surface area contributed by atoms with Crippen molar-refractivity contribution in [2.24, 2.45) is 4.99 Å². The minimum absolute atomic E-state index is 0.0988. The number of halogens is 1. The van der Waals surface area contributed by atoms with Crippen molar-refractivity contribution in [3.05, 3.63) is 35.6 Å². The summed E-state index contributed by atoms with van der Waals surface area (Å²) in [5.74, 6) is 1.02. The smallest absolute Gasteiger partial charge is 0.191 e. The Balaban J connectivity index is 1.57. The van der Waals surface area contributed by atoms with Crippen LogP contribution in [0.1, 0.15) is 44.6 Å². The molecule has 5 heteroatoms. The second kappa shape index (κ2) is 7.97. The summed E-state index contributed by atoms with van der Waals surface area (Å²) >= 11 is 0. The third kappa shape index (κ3) is 4.07. The number of benzene rings is 1. The van der Waals surface area contributed by atoms with Gasteiger partial charge < -0.3 is 10.6 Å². The molecule has 1 saturated carbocycles. The molecular weight excluding hydrogens is 303 g/mol. The zero-order valence-corrected chi connectivity index (χ0v) is 14.8. The first-order valence-electron chi connectivity index (χ1n) is 9.26. The highest BCUT2D eigenvalue weighted by molar-refractivity contribution is 5.80. The molecule has 1 heterocycles. The molecule has 1 aliphatic carbocycles. The molecule has 0 bridgehead atoms. The van der Waals surface area contributed by atoms with Crippen LogP contribution in [0.4, 0.5) is 4.39 Å². The molecule has 3 rings (SSSR count). The van der Waals surface area contributed by atoms with E-state index >= 15 is 0 Å². The summed E-state index contributed by atoms with van der Waals surface area (Å²) in [6.45, 7) is 8.26. The van der Waals surface area contributed by atoms with Gasteiger partial charge in [-0.1, -0.05) is 25.1 Å². The molecule has 0 aromatic heterocycles. The molecule has 132 valence electrons. The van der Waals surface area contributed by atoms with Crippen molar-refractivity contribution >= 4 is 5.96 Å². The van der Waals surface area contributed by atoms with E-state index in [1.54, 1.807) is 12.1 Å². The minimum Gasteiger partial charge on any atom is -0.357 e. The number of nitrogens with zero attached hydrogens (tertiary/aromatic N) is 2. The summed E-state index contributed by atoms with van der Waals surface area (Å²) in [4.78, 5) is 7.29. The van der Waals surface area contributed by atoms with Crippen LogP contribution in [-0.2, 0) is 0 Å². The Morgan fingerprint density at radius 1 is 1.33 bits per heavy atom. The number of hydrogen-bond acceptors (Lipinski definition) is 2. The lowest BCUT2D eigenvalue weighted by Gasteiger charge is -2.21. The van der Waals surface area contributed by atoms with Gasteiger partial charge in [0.05, 0.1) is 6.54 Å². The summed E-state index contributed by atoms with van der Waals surface area (Å²) in [6.07, 6.45) is 3.48. The van der Waals surface area contributed by atoms with Gasteiger partial charge in [0.25, 0.3) is 0 Å². The highest BCUT2D eigenvalue weighted by Crippen LogP contribution is 2.41. The van der Waals surface area contributed by atoms with E-state index in [9.17, 15) is 4.39 Å². The van der Waals surface area contributed by atoms with E-state index in [1.807, 2.05) is 12.1 Å². The Bertz CT molecular complexity index is 574. The average molecular weight is 332 g/mol. The van der Waals surface area contributed by atoms with Crippen LogP contribution >= 0.6 is 0 Å². The van der Waals surface area contributed by atoms with Crippen LogP contribution in [0.15, 0.2) is 29.3 Å². The van der Waals surface area contributed by atoms with Gasteiger partial charge in [-0.2, -0.15) is 0 Å². The van der Waals surface area contributed by atoms with E-state index in [0.29, 0.717) is 6.04 Å². The fourth-order valence-corrected chi connectivity index (χ4v) is 3.68. The molecule has 2 fully saturated rings. The molecule has 1 saturated heterocycles. The van der Waals surface area contributed by atoms with Crippen LogP contribution in [0.2, 0.25) is 0 Å². The van der Waals surface area contributed by atoms with Gasteiger partial charge in [-0.25, -0.2) is 4.39 Å². The van der Waals surface area contributed by atoms with Gasteiger partial charge in [-0.15, -0.1) is 0 Å². The molecule has 24 heavy (non-hydrogen) atoms. The summed E-state index contributed by atoms with van der Waals surface area (Å²) in [6, 6.07) is 7.94. The molecule has 0 amide bonds. The predicted octanol–water partition coefficient (Wildman–Crippen LogP) is 2.72.